The van der Waals surface area contributed by atoms with Gasteiger partial charge in [0.1, 0.15) is 0 Å². The summed E-state index contributed by atoms with van der Waals surface area (Å²) < 4.78 is 6.09. The SMILES string of the molecule is CCC(OC(C)(C)C)c1[c]c2ccccc2cc1. The van der Waals surface area contributed by atoms with Gasteiger partial charge in [-0.15, -0.1) is 0 Å². The molecule has 0 saturated carbocycles. The minimum atomic E-state index is -0.125. The quantitative estimate of drug-likeness (QED) is 0.742. The van der Waals surface area contributed by atoms with Crippen molar-refractivity contribution >= 4 is 10.8 Å². The molecule has 1 atom stereocenters. The fourth-order valence-electron chi connectivity index (χ4n) is 2.11. The Hall–Kier alpha value is -1.34. The Labute approximate surface area is 110 Å². The third kappa shape index (κ3) is 3.11. The van der Waals surface area contributed by atoms with Crippen LogP contribution in [-0.2, 0) is 4.74 Å². The molecule has 0 aromatic heterocycles. The van der Waals surface area contributed by atoms with Gasteiger partial charge in [0.25, 0.3) is 0 Å². The van der Waals surface area contributed by atoms with E-state index in [0.29, 0.717) is 0 Å². The van der Waals surface area contributed by atoms with Crippen LogP contribution in [-0.4, -0.2) is 5.60 Å². The molecule has 1 unspecified atom stereocenters. The van der Waals surface area contributed by atoms with Gasteiger partial charge in [0.05, 0.1) is 11.7 Å². The molecule has 0 N–H and O–H groups in total. The van der Waals surface area contributed by atoms with Crippen LogP contribution in [0.3, 0.4) is 0 Å². The molecule has 0 saturated heterocycles. The van der Waals surface area contributed by atoms with Crippen LogP contribution >= 0.6 is 0 Å². The Bertz CT molecular complexity index is 522. The molecule has 0 fully saturated rings. The van der Waals surface area contributed by atoms with E-state index >= 15 is 0 Å². The lowest BCUT2D eigenvalue weighted by Crippen LogP contribution is -2.22. The van der Waals surface area contributed by atoms with Crippen molar-refractivity contribution in [3.8, 4) is 0 Å². The second-order valence-corrected chi connectivity index (χ2v) is 5.63. The van der Waals surface area contributed by atoms with E-state index in [0.717, 1.165) is 17.4 Å². The van der Waals surface area contributed by atoms with Crippen LogP contribution in [0.2, 0.25) is 0 Å². The Kier molecular flexibility index (Phi) is 3.72. The molecule has 1 heteroatoms. The highest BCUT2D eigenvalue weighted by molar-refractivity contribution is 5.82. The van der Waals surface area contributed by atoms with Gasteiger partial charge in [-0.25, -0.2) is 0 Å². The molecule has 1 radical (unpaired) electrons. The molecule has 0 aliphatic heterocycles. The molecule has 0 bridgehead atoms. The average Bonchev–Trinajstić information content (AvgIpc) is 2.34. The zero-order chi connectivity index (χ0) is 13.2. The summed E-state index contributed by atoms with van der Waals surface area (Å²) in [5, 5.41) is 2.39. The first-order valence-corrected chi connectivity index (χ1v) is 6.58. The summed E-state index contributed by atoms with van der Waals surface area (Å²) in [6.07, 6.45) is 1.08. The van der Waals surface area contributed by atoms with E-state index in [1.54, 1.807) is 0 Å². The van der Waals surface area contributed by atoms with Gasteiger partial charge in [0.15, 0.2) is 0 Å². The zero-order valence-electron chi connectivity index (χ0n) is 11.7. The van der Waals surface area contributed by atoms with Crippen LogP contribution < -0.4 is 0 Å². The first-order chi connectivity index (χ1) is 8.49. The highest BCUT2D eigenvalue weighted by Gasteiger charge is 2.19. The van der Waals surface area contributed by atoms with Crippen LogP contribution in [0.25, 0.3) is 10.8 Å². The maximum atomic E-state index is 6.09. The van der Waals surface area contributed by atoms with Crippen molar-refractivity contribution in [2.24, 2.45) is 0 Å². The Morgan fingerprint density at radius 1 is 1.11 bits per heavy atom. The number of hydrogen-bond acceptors (Lipinski definition) is 1. The summed E-state index contributed by atoms with van der Waals surface area (Å²) >= 11 is 0. The predicted molar refractivity (Wildman–Crippen MR) is 76.7 cm³/mol. The Balaban J connectivity index is 2.33. The number of benzene rings is 2. The van der Waals surface area contributed by atoms with Crippen molar-refractivity contribution < 1.29 is 4.74 Å². The monoisotopic (exact) mass is 241 g/mol. The van der Waals surface area contributed by atoms with Crippen LogP contribution in [0.4, 0.5) is 0 Å². The van der Waals surface area contributed by atoms with Gasteiger partial charge in [0.2, 0.25) is 0 Å². The lowest BCUT2D eigenvalue weighted by atomic mass is 10.0. The van der Waals surface area contributed by atoms with E-state index in [4.69, 9.17) is 4.74 Å². The number of hydrogen-bond donors (Lipinski definition) is 0. The van der Waals surface area contributed by atoms with E-state index in [1.165, 1.54) is 5.39 Å². The van der Waals surface area contributed by atoms with Crippen LogP contribution in [0.5, 0.6) is 0 Å². The molecule has 0 aliphatic carbocycles. The van der Waals surface area contributed by atoms with Crippen molar-refractivity contribution in [1.82, 2.24) is 0 Å². The molecular formula is C17H21O. The lowest BCUT2D eigenvalue weighted by Gasteiger charge is -2.27. The van der Waals surface area contributed by atoms with E-state index in [-0.39, 0.29) is 11.7 Å². The molecule has 0 spiro atoms. The number of ether oxygens (including phenoxy) is 1. The van der Waals surface area contributed by atoms with Gasteiger partial charge in [-0.1, -0.05) is 43.3 Å². The number of rotatable bonds is 3. The Morgan fingerprint density at radius 3 is 2.50 bits per heavy atom. The third-order valence-electron chi connectivity index (χ3n) is 2.90. The minimum Gasteiger partial charge on any atom is -0.368 e. The van der Waals surface area contributed by atoms with Gasteiger partial charge in [-0.05, 0) is 49.6 Å². The van der Waals surface area contributed by atoms with Crippen molar-refractivity contribution in [2.75, 3.05) is 0 Å². The summed E-state index contributed by atoms with van der Waals surface area (Å²) in [7, 11) is 0. The molecular weight excluding hydrogens is 220 g/mol. The topological polar surface area (TPSA) is 9.23 Å². The Morgan fingerprint density at radius 2 is 1.83 bits per heavy atom. The fraction of sp³-hybridized carbons (Fsp3) is 0.412. The van der Waals surface area contributed by atoms with Gasteiger partial charge in [-0.3, -0.25) is 0 Å². The molecule has 0 heterocycles. The summed E-state index contributed by atoms with van der Waals surface area (Å²) in [4.78, 5) is 0. The van der Waals surface area contributed by atoms with Crippen molar-refractivity contribution in [3.05, 3.63) is 48.0 Å². The summed E-state index contributed by atoms with van der Waals surface area (Å²) in [6.45, 7) is 8.43. The normalized spacial score (nSPS) is 13.8. The zero-order valence-corrected chi connectivity index (χ0v) is 11.7. The summed E-state index contributed by atoms with van der Waals surface area (Å²) in [6, 6.07) is 16.1. The molecule has 0 aliphatic rings. The lowest BCUT2D eigenvalue weighted by molar-refractivity contribution is -0.0632. The third-order valence-corrected chi connectivity index (χ3v) is 2.90. The van der Waals surface area contributed by atoms with Crippen molar-refractivity contribution in [1.29, 1.82) is 0 Å². The van der Waals surface area contributed by atoms with Crippen LogP contribution in [0.15, 0.2) is 36.4 Å². The second-order valence-electron chi connectivity index (χ2n) is 5.63. The number of fused-ring (bicyclic) bond motifs is 1. The minimum absolute atomic E-state index is 0.120. The maximum Gasteiger partial charge on any atom is 0.0835 e. The van der Waals surface area contributed by atoms with Gasteiger partial charge < -0.3 is 4.74 Å². The fourth-order valence-corrected chi connectivity index (χ4v) is 2.11. The average molecular weight is 241 g/mol. The van der Waals surface area contributed by atoms with E-state index in [2.05, 4.69) is 64.1 Å². The first-order valence-electron chi connectivity index (χ1n) is 6.58. The predicted octanol–water partition coefficient (Wildman–Crippen LogP) is 4.91. The van der Waals surface area contributed by atoms with Gasteiger partial charge in [0, 0.05) is 0 Å². The molecule has 0 amide bonds. The molecule has 95 valence electrons. The highest BCUT2D eigenvalue weighted by atomic mass is 16.5. The van der Waals surface area contributed by atoms with Crippen LogP contribution in [0.1, 0.15) is 45.8 Å². The summed E-state index contributed by atoms with van der Waals surface area (Å²) in [5.41, 5.74) is 1.02. The van der Waals surface area contributed by atoms with E-state index in [9.17, 15) is 0 Å². The largest absolute Gasteiger partial charge is 0.368 e. The van der Waals surface area contributed by atoms with E-state index in [1.807, 2.05) is 6.07 Å². The van der Waals surface area contributed by atoms with Crippen molar-refractivity contribution in [2.45, 2.75) is 45.8 Å². The smallest absolute Gasteiger partial charge is 0.0835 e. The highest BCUT2D eigenvalue weighted by Crippen LogP contribution is 2.28. The van der Waals surface area contributed by atoms with Gasteiger partial charge in [-0.2, -0.15) is 0 Å². The maximum absolute atomic E-state index is 6.09. The van der Waals surface area contributed by atoms with Gasteiger partial charge >= 0.3 is 0 Å². The molecule has 1 nitrogen and oxygen atoms in total. The van der Waals surface area contributed by atoms with Crippen LogP contribution in [0, 0.1) is 6.07 Å². The molecule has 18 heavy (non-hydrogen) atoms. The second kappa shape index (κ2) is 5.11. The summed E-state index contributed by atoms with van der Waals surface area (Å²) in [5.74, 6) is 0. The molecule has 2 aromatic carbocycles. The first kappa shape index (κ1) is 13.1. The van der Waals surface area contributed by atoms with Crippen molar-refractivity contribution in [3.63, 3.8) is 0 Å². The standard InChI is InChI=1S/C17H21O/c1-5-16(18-17(2,3)4)15-11-10-13-8-6-7-9-14(13)12-15/h6-11,16H,5H2,1-4H3. The molecule has 2 rings (SSSR count). The molecule has 2 aromatic rings. The van der Waals surface area contributed by atoms with E-state index < -0.39 is 0 Å².